The summed E-state index contributed by atoms with van der Waals surface area (Å²) >= 11 is 0. The second-order valence-corrected chi connectivity index (χ2v) is 13.5. The summed E-state index contributed by atoms with van der Waals surface area (Å²) in [4.78, 5) is 12.3. The molecule has 0 amide bonds. The van der Waals surface area contributed by atoms with Crippen LogP contribution in [0, 0.1) is 52.3 Å². The average Bonchev–Trinajstić information content (AvgIpc) is 3.08. The summed E-state index contributed by atoms with van der Waals surface area (Å²) in [6.07, 6.45) is 9.13. The maximum atomic E-state index is 12.3. The predicted molar refractivity (Wildman–Crippen MR) is 136 cm³/mol. The van der Waals surface area contributed by atoms with Crippen LogP contribution in [0.5, 0.6) is 0 Å². The number of fused-ring (bicyclic) bond motifs is 5. The minimum atomic E-state index is -0.591. The third-order valence-corrected chi connectivity index (χ3v) is 11.4. The molecular weight excluding hydrogens is 424 g/mol. The second kappa shape index (κ2) is 9.54. The van der Waals surface area contributed by atoms with E-state index in [0.29, 0.717) is 36.5 Å². The van der Waals surface area contributed by atoms with Gasteiger partial charge in [-0.05, 0) is 73.0 Å². The second-order valence-electron chi connectivity index (χ2n) is 13.5. The molecule has 2 N–H and O–H groups in total. The van der Waals surface area contributed by atoms with Crippen molar-refractivity contribution in [1.82, 2.24) is 0 Å². The molecule has 0 bridgehead atoms. The van der Waals surface area contributed by atoms with E-state index in [4.69, 9.17) is 4.74 Å². The van der Waals surface area contributed by atoms with E-state index in [1.54, 1.807) is 0 Å². The fourth-order valence-electron chi connectivity index (χ4n) is 9.14. The molecule has 0 heterocycles. The standard InChI is InChI=1S/C30H50O4/c1-17(2)18(3)8-9-19(4)24-12-13-25-23-11-10-21-14-22(32)15-27(33)30(21,7)28(23)26(34-20(5)31)16-29(24,25)6/h10,17-19,22-28,32-33H,8-9,11-16H2,1-7H3. The van der Waals surface area contributed by atoms with Gasteiger partial charge in [-0.25, -0.2) is 0 Å². The first-order valence-corrected chi connectivity index (χ1v) is 14.1. The van der Waals surface area contributed by atoms with Crippen molar-refractivity contribution in [2.24, 2.45) is 52.3 Å². The smallest absolute Gasteiger partial charge is 0.302 e. The molecule has 0 aliphatic heterocycles. The van der Waals surface area contributed by atoms with Gasteiger partial charge in [0.05, 0.1) is 12.2 Å². The van der Waals surface area contributed by atoms with E-state index in [9.17, 15) is 15.0 Å². The van der Waals surface area contributed by atoms with Crippen LogP contribution in [0.25, 0.3) is 0 Å². The predicted octanol–water partition coefficient (Wildman–Crippen LogP) is 6.15. The van der Waals surface area contributed by atoms with E-state index in [1.165, 1.54) is 38.2 Å². The molecule has 0 saturated heterocycles. The van der Waals surface area contributed by atoms with Gasteiger partial charge in [0.1, 0.15) is 6.10 Å². The summed E-state index contributed by atoms with van der Waals surface area (Å²) < 4.78 is 6.14. The molecule has 0 aromatic carbocycles. The van der Waals surface area contributed by atoms with Gasteiger partial charge in [-0.1, -0.05) is 66.0 Å². The number of allylic oxidation sites excluding steroid dienone is 1. The van der Waals surface area contributed by atoms with Crippen molar-refractivity contribution in [3.05, 3.63) is 11.6 Å². The Bertz CT molecular complexity index is 789. The summed E-state index contributed by atoms with van der Waals surface area (Å²) in [5.74, 6) is 3.77. The Balaban J connectivity index is 1.64. The van der Waals surface area contributed by atoms with Gasteiger partial charge in [0.25, 0.3) is 0 Å². The van der Waals surface area contributed by atoms with Crippen molar-refractivity contribution in [3.63, 3.8) is 0 Å². The fourth-order valence-corrected chi connectivity index (χ4v) is 9.14. The van der Waals surface area contributed by atoms with Gasteiger partial charge in [0, 0.05) is 24.7 Å². The maximum absolute atomic E-state index is 12.3. The molecule has 4 aliphatic rings. The van der Waals surface area contributed by atoms with Crippen molar-refractivity contribution in [2.75, 3.05) is 0 Å². The highest BCUT2D eigenvalue weighted by atomic mass is 16.5. The summed E-state index contributed by atoms with van der Waals surface area (Å²) in [7, 11) is 0. The van der Waals surface area contributed by atoms with Crippen LogP contribution in [-0.2, 0) is 9.53 Å². The number of esters is 1. The molecule has 4 heteroatoms. The van der Waals surface area contributed by atoms with Gasteiger partial charge in [-0.15, -0.1) is 0 Å². The number of aliphatic hydroxyl groups excluding tert-OH is 2. The van der Waals surface area contributed by atoms with Crippen LogP contribution in [0.15, 0.2) is 11.6 Å². The van der Waals surface area contributed by atoms with Crippen LogP contribution in [-0.4, -0.2) is 34.5 Å². The minimum Gasteiger partial charge on any atom is -0.462 e. The Morgan fingerprint density at radius 3 is 2.50 bits per heavy atom. The SMILES string of the molecule is CC(=O)OC1CC2(C)C(C(C)CCC(C)C(C)C)CCC2C2CC=C3CC(O)CC(O)C3(C)C12. The third kappa shape index (κ3) is 4.29. The lowest BCUT2D eigenvalue weighted by Crippen LogP contribution is -2.61. The maximum Gasteiger partial charge on any atom is 0.302 e. The fraction of sp³-hybridized carbons (Fsp3) is 0.900. The van der Waals surface area contributed by atoms with Crippen molar-refractivity contribution >= 4 is 5.97 Å². The largest absolute Gasteiger partial charge is 0.462 e. The first kappa shape index (κ1) is 26.2. The third-order valence-electron chi connectivity index (χ3n) is 11.4. The number of carbonyl (C=O) groups excluding carboxylic acids is 1. The highest BCUT2D eigenvalue weighted by Crippen LogP contribution is 2.67. The van der Waals surface area contributed by atoms with E-state index >= 15 is 0 Å². The molecule has 3 fully saturated rings. The normalized spacial score (nSPS) is 45.6. The first-order valence-electron chi connectivity index (χ1n) is 14.1. The molecule has 0 aromatic rings. The van der Waals surface area contributed by atoms with Crippen molar-refractivity contribution in [3.8, 4) is 0 Å². The number of rotatable bonds is 6. The van der Waals surface area contributed by atoms with Gasteiger partial charge in [0.2, 0.25) is 0 Å². The van der Waals surface area contributed by atoms with Gasteiger partial charge in [-0.2, -0.15) is 0 Å². The van der Waals surface area contributed by atoms with Crippen LogP contribution in [0.4, 0.5) is 0 Å². The summed E-state index contributed by atoms with van der Waals surface area (Å²) in [6.45, 7) is 15.7. The van der Waals surface area contributed by atoms with Gasteiger partial charge < -0.3 is 14.9 Å². The molecular formula is C30H50O4. The van der Waals surface area contributed by atoms with E-state index < -0.39 is 17.6 Å². The van der Waals surface area contributed by atoms with Crippen LogP contribution in [0.2, 0.25) is 0 Å². The van der Waals surface area contributed by atoms with Crippen LogP contribution >= 0.6 is 0 Å². The highest BCUT2D eigenvalue weighted by molar-refractivity contribution is 5.66. The molecule has 4 aliphatic carbocycles. The average molecular weight is 475 g/mol. The molecule has 4 rings (SSSR count). The van der Waals surface area contributed by atoms with Crippen LogP contribution in [0.1, 0.15) is 99.8 Å². The molecule has 11 unspecified atom stereocenters. The molecule has 0 aromatic heterocycles. The van der Waals surface area contributed by atoms with E-state index in [2.05, 4.69) is 47.6 Å². The number of ether oxygens (including phenoxy) is 1. The lowest BCUT2D eigenvalue weighted by Gasteiger charge is -2.61. The Kier molecular flexibility index (Phi) is 7.35. The zero-order valence-electron chi connectivity index (χ0n) is 22.7. The summed E-state index contributed by atoms with van der Waals surface area (Å²) in [6, 6.07) is 0. The number of hydrogen-bond donors (Lipinski definition) is 2. The number of aliphatic hydroxyl groups is 2. The molecule has 4 nitrogen and oxygen atoms in total. The molecule has 34 heavy (non-hydrogen) atoms. The zero-order chi connectivity index (χ0) is 25.0. The van der Waals surface area contributed by atoms with Gasteiger partial charge in [-0.3, -0.25) is 4.79 Å². The lowest BCUT2D eigenvalue weighted by atomic mass is 9.45. The quantitative estimate of drug-likeness (QED) is 0.358. The van der Waals surface area contributed by atoms with Crippen molar-refractivity contribution in [1.29, 1.82) is 0 Å². The Morgan fingerprint density at radius 1 is 1.15 bits per heavy atom. The Morgan fingerprint density at radius 2 is 1.85 bits per heavy atom. The minimum absolute atomic E-state index is 0.131. The monoisotopic (exact) mass is 474 g/mol. The Hall–Kier alpha value is -0.870. The number of carbonyl (C=O) groups is 1. The lowest BCUT2D eigenvalue weighted by molar-refractivity contribution is -0.186. The highest BCUT2D eigenvalue weighted by Gasteiger charge is 2.64. The van der Waals surface area contributed by atoms with Crippen molar-refractivity contribution < 1.29 is 19.7 Å². The van der Waals surface area contributed by atoms with E-state index in [1.807, 2.05) is 0 Å². The molecule has 3 saturated carbocycles. The van der Waals surface area contributed by atoms with Gasteiger partial charge >= 0.3 is 5.97 Å². The van der Waals surface area contributed by atoms with Crippen molar-refractivity contribution in [2.45, 2.75) is 118 Å². The Labute approximate surface area is 207 Å². The van der Waals surface area contributed by atoms with Crippen LogP contribution in [0.3, 0.4) is 0 Å². The zero-order valence-corrected chi connectivity index (χ0v) is 22.7. The first-order chi connectivity index (χ1) is 15.9. The molecule has 194 valence electrons. The van der Waals surface area contributed by atoms with E-state index in [-0.39, 0.29) is 23.4 Å². The summed E-state index contributed by atoms with van der Waals surface area (Å²) in [5.41, 5.74) is 0.939. The van der Waals surface area contributed by atoms with E-state index in [0.717, 1.165) is 24.7 Å². The topological polar surface area (TPSA) is 66.8 Å². The molecule has 0 radical (unpaired) electrons. The van der Waals surface area contributed by atoms with Gasteiger partial charge in [0.15, 0.2) is 0 Å². The molecule has 11 atom stereocenters. The molecule has 0 spiro atoms. The summed E-state index contributed by atoms with van der Waals surface area (Å²) in [5, 5.41) is 21.7. The number of hydrogen-bond acceptors (Lipinski definition) is 4. The van der Waals surface area contributed by atoms with Crippen LogP contribution < -0.4 is 0 Å².